The Morgan fingerprint density at radius 1 is 1.37 bits per heavy atom. The maximum Gasteiger partial charge on any atom is 0.129 e. The van der Waals surface area contributed by atoms with E-state index in [9.17, 15) is 5.11 Å². The Balaban J connectivity index is 1.70. The second kappa shape index (κ2) is 4.90. The lowest BCUT2D eigenvalue weighted by Crippen LogP contribution is -2.32. The highest BCUT2D eigenvalue weighted by Gasteiger charge is 2.29. The summed E-state index contributed by atoms with van der Waals surface area (Å²) >= 11 is 0. The van der Waals surface area contributed by atoms with Crippen molar-refractivity contribution in [1.82, 2.24) is 4.98 Å². The van der Waals surface area contributed by atoms with Gasteiger partial charge in [-0.25, -0.2) is 0 Å². The zero-order valence-corrected chi connectivity index (χ0v) is 10.5. The lowest BCUT2D eigenvalue weighted by Gasteiger charge is -2.18. The van der Waals surface area contributed by atoms with Crippen LogP contribution in [0.4, 0.5) is 5.69 Å². The molecule has 0 aliphatic carbocycles. The monoisotopic (exact) mass is 256 g/mol. The summed E-state index contributed by atoms with van der Waals surface area (Å²) < 4.78 is 5.77. The molecular weight excluding hydrogens is 240 g/mol. The summed E-state index contributed by atoms with van der Waals surface area (Å²) in [6.07, 6.45) is 3.74. The Morgan fingerprint density at radius 3 is 3.00 bits per heavy atom. The Morgan fingerprint density at radius 2 is 2.21 bits per heavy atom. The maximum atomic E-state index is 10.3. The van der Waals surface area contributed by atoms with Crippen LogP contribution in [0.25, 0.3) is 0 Å². The molecule has 0 bridgehead atoms. The van der Waals surface area contributed by atoms with Gasteiger partial charge in [-0.1, -0.05) is 18.2 Å². The number of rotatable bonds is 3. The summed E-state index contributed by atoms with van der Waals surface area (Å²) in [6.45, 7) is 0. The highest BCUT2D eigenvalue weighted by atomic mass is 16.5. The van der Waals surface area contributed by atoms with Gasteiger partial charge in [-0.15, -0.1) is 0 Å². The number of nitrogens with two attached hydrogens (primary N) is 1. The third kappa shape index (κ3) is 2.39. The third-order valence-electron chi connectivity index (χ3n) is 3.47. The van der Waals surface area contributed by atoms with Crippen LogP contribution < -0.4 is 10.5 Å². The first kappa shape index (κ1) is 12.0. The van der Waals surface area contributed by atoms with Gasteiger partial charge in [0.05, 0.1) is 6.10 Å². The molecule has 0 saturated carbocycles. The van der Waals surface area contributed by atoms with Crippen LogP contribution in [-0.2, 0) is 12.8 Å². The van der Waals surface area contributed by atoms with Crippen LogP contribution in [0.5, 0.6) is 5.75 Å². The van der Waals surface area contributed by atoms with Gasteiger partial charge in [-0.05, 0) is 23.3 Å². The van der Waals surface area contributed by atoms with E-state index < -0.39 is 6.10 Å². The number of hydrogen-bond acceptors (Lipinski definition) is 4. The van der Waals surface area contributed by atoms with Gasteiger partial charge in [0, 0.05) is 30.9 Å². The Labute approximate surface area is 111 Å². The number of benzene rings is 1. The molecule has 19 heavy (non-hydrogen) atoms. The van der Waals surface area contributed by atoms with E-state index in [-0.39, 0.29) is 6.10 Å². The average molecular weight is 256 g/mol. The molecule has 2 heterocycles. The first-order valence-electron chi connectivity index (χ1n) is 6.35. The number of nitrogens with zero attached hydrogens (tertiary/aromatic N) is 1. The van der Waals surface area contributed by atoms with Crippen LogP contribution in [0.2, 0.25) is 0 Å². The minimum Gasteiger partial charge on any atom is -0.487 e. The molecule has 0 saturated heterocycles. The van der Waals surface area contributed by atoms with E-state index in [2.05, 4.69) is 4.98 Å². The Kier molecular flexibility index (Phi) is 3.09. The fraction of sp³-hybridized carbons (Fsp3) is 0.267. The van der Waals surface area contributed by atoms with Crippen LogP contribution in [0.1, 0.15) is 11.1 Å². The van der Waals surface area contributed by atoms with Crippen molar-refractivity contribution in [3.8, 4) is 5.75 Å². The first-order chi connectivity index (χ1) is 9.24. The van der Waals surface area contributed by atoms with Crippen molar-refractivity contribution in [2.45, 2.75) is 25.0 Å². The molecule has 2 unspecified atom stereocenters. The van der Waals surface area contributed by atoms with Crippen LogP contribution in [0.3, 0.4) is 0 Å². The summed E-state index contributed by atoms with van der Waals surface area (Å²) in [5, 5.41) is 10.3. The van der Waals surface area contributed by atoms with Crippen molar-refractivity contribution < 1.29 is 9.84 Å². The zero-order chi connectivity index (χ0) is 13.2. The molecule has 2 aromatic rings. The van der Waals surface area contributed by atoms with Crippen LogP contribution in [0.15, 0.2) is 42.7 Å². The molecule has 3 rings (SSSR count). The number of aliphatic hydroxyl groups excluding tert-OH is 1. The normalized spacial score (nSPS) is 18.7. The number of hydrogen-bond donors (Lipinski definition) is 2. The summed E-state index contributed by atoms with van der Waals surface area (Å²) in [5.41, 5.74) is 8.52. The molecule has 0 amide bonds. The Hall–Kier alpha value is -2.07. The molecule has 3 N–H and O–H groups in total. The van der Waals surface area contributed by atoms with Crippen LogP contribution in [-0.4, -0.2) is 22.3 Å². The van der Waals surface area contributed by atoms with E-state index in [1.165, 1.54) is 0 Å². The van der Waals surface area contributed by atoms with Crippen LogP contribution in [0, 0.1) is 0 Å². The highest BCUT2D eigenvalue weighted by Crippen LogP contribution is 2.30. The van der Waals surface area contributed by atoms with Crippen molar-refractivity contribution in [1.29, 1.82) is 0 Å². The second-order valence-corrected chi connectivity index (χ2v) is 4.81. The molecule has 4 heteroatoms. The van der Waals surface area contributed by atoms with Gasteiger partial charge < -0.3 is 15.6 Å². The molecule has 0 radical (unpaired) electrons. The first-order valence-corrected chi connectivity index (χ1v) is 6.35. The Bertz CT molecular complexity index is 561. The van der Waals surface area contributed by atoms with Gasteiger partial charge in [0.15, 0.2) is 0 Å². The van der Waals surface area contributed by atoms with Gasteiger partial charge in [0.2, 0.25) is 0 Å². The predicted molar refractivity (Wildman–Crippen MR) is 72.9 cm³/mol. The molecule has 1 aliphatic heterocycles. The standard InChI is InChI=1S/C15H16N2O2/c16-12-5-6-17-9-11(12)7-13(18)15-8-10-3-1-2-4-14(10)19-15/h1-6,9,13,15,18H,7-8H2,(H2,16,17). The predicted octanol–water partition coefficient (Wildman–Crippen LogP) is 1.57. The molecule has 4 nitrogen and oxygen atoms in total. The smallest absolute Gasteiger partial charge is 0.129 e. The number of pyridine rings is 1. The van der Waals surface area contributed by atoms with E-state index >= 15 is 0 Å². The summed E-state index contributed by atoms with van der Waals surface area (Å²) in [4.78, 5) is 4.03. The van der Waals surface area contributed by atoms with Crippen molar-refractivity contribution in [2.75, 3.05) is 5.73 Å². The summed E-state index contributed by atoms with van der Waals surface area (Å²) in [5.74, 6) is 0.866. The minimum absolute atomic E-state index is 0.211. The lowest BCUT2D eigenvalue weighted by molar-refractivity contribution is 0.0503. The van der Waals surface area contributed by atoms with Crippen LogP contribution >= 0.6 is 0 Å². The number of fused-ring (bicyclic) bond motifs is 1. The molecule has 1 aliphatic rings. The topological polar surface area (TPSA) is 68.4 Å². The molecule has 1 aromatic heterocycles. The molecular formula is C15H16N2O2. The maximum absolute atomic E-state index is 10.3. The number of anilines is 1. The fourth-order valence-corrected chi connectivity index (χ4v) is 2.39. The van der Waals surface area contributed by atoms with E-state index in [1.54, 1.807) is 18.5 Å². The summed E-state index contributed by atoms with van der Waals surface area (Å²) in [6, 6.07) is 9.62. The van der Waals surface area contributed by atoms with Crippen molar-refractivity contribution >= 4 is 5.69 Å². The van der Waals surface area contributed by atoms with Gasteiger partial charge in [0.25, 0.3) is 0 Å². The number of aliphatic hydroxyl groups is 1. The largest absolute Gasteiger partial charge is 0.487 e. The quantitative estimate of drug-likeness (QED) is 0.874. The second-order valence-electron chi connectivity index (χ2n) is 4.81. The van der Waals surface area contributed by atoms with Gasteiger partial charge in [-0.2, -0.15) is 0 Å². The number of ether oxygens (including phenoxy) is 1. The zero-order valence-electron chi connectivity index (χ0n) is 10.5. The molecule has 0 fully saturated rings. The van der Waals surface area contributed by atoms with Crippen molar-refractivity contribution in [3.63, 3.8) is 0 Å². The SMILES string of the molecule is Nc1ccncc1CC(O)C1Cc2ccccc2O1. The number of para-hydroxylation sites is 1. The molecule has 1 aromatic carbocycles. The molecule has 2 atom stereocenters. The number of nitrogen functional groups attached to an aromatic ring is 1. The van der Waals surface area contributed by atoms with Crippen molar-refractivity contribution in [2.24, 2.45) is 0 Å². The highest BCUT2D eigenvalue weighted by molar-refractivity contribution is 5.45. The molecule has 0 spiro atoms. The van der Waals surface area contributed by atoms with Gasteiger partial charge >= 0.3 is 0 Å². The van der Waals surface area contributed by atoms with E-state index in [0.29, 0.717) is 12.1 Å². The minimum atomic E-state index is -0.584. The fourth-order valence-electron chi connectivity index (χ4n) is 2.39. The number of aromatic nitrogens is 1. The van der Waals surface area contributed by atoms with Gasteiger partial charge in [-0.3, -0.25) is 4.98 Å². The van der Waals surface area contributed by atoms with Crippen molar-refractivity contribution in [3.05, 3.63) is 53.9 Å². The van der Waals surface area contributed by atoms with E-state index in [1.807, 2.05) is 24.3 Å². The third-order valence-corrected chi connectivity index (χ3v) is 3.47. The molecule has 98 valence electrons. The lowest BCUT2D eigenvalue weighted by atomic mass is 10.0. The van der Waals surface area contributed by atoms with Gasteiger partial charge in [0.1, 0.15) is 11.9 Å². The van der Waals surface area contributed by atoms with E-state index in [4.69, 9.17) is 10.5 Å². The van der Waals surface area contributed by atoms with E-state index in [0.717, 1.165) is 23.3 Å². The summed E-state index contributed by atoms with van der Waals surface area (Å²) in [7, 11) is 0. The average Bonchev–Trinajstić information content (AvgIpc) is 2.85.